The van der Waals surface area contributed by atoms with E-state index >= 15 is 0 Å². The smallest absolute Gasteiger partial charge is 0.251 e. The van der Waals surface area contributed by atoms with E-state index in [-0.39, 0.29) is 17.9 Å². The number of hydrogen-bond donors (Lipinski definition) is 1. The lowest BCUT2D eigenvalue weighted by Crippen LogP contribution is -2.41. The van der Waals surface area contributed by atoms with Crippen LogP contribution in [0.2, 0.25) is 0 Å². The molecule has 5 nitrogen and oxygen atoms in total. The summed E-state index contributed by atoms with van der Waals surface area (Å²) in [4.78, 5) is 17.3. The number of nitrogens with one attached hydrogen (secondary N) is 1. The summed E-state index contributed by atoms with van der Waals surface area (Å²) in [7, 11) is 3.29. The number of methoxy groups -OCH3 is 2. The van der Waals surface area contributed by atoms with Crippen LogP contribution in [0, 0.1) is 0 Å². The molecule has 1 aliphatic carbocycles. The van der Waals surface area contributed by atoms with Gasteiger partial charge in [-0.1, -0.05) is 25.0 Å². The number of carbonyl (C=O) groups excluding carboxylic acids is 1. The SMILES string of the molecule is COc1ccc(C2CCCCC2NC(=O)c2ccc3ncccc3c2)cc1OC. The highest BCUT2D eigenvalue weighted by molar-refractivity contribution is 5.98. The molecule has 0 aliphatic heterocycles. The highest BCUT2D eigenvalue weighted by atomic mass is 16.5. The molecule has 1 aliphatic rings. The summed E-state index contributed by atoms with van der Waals surface area (Å²) >= 11 is 0. The van der Waals surface area contributed by atoms with E-state index < -0.39 is 0 Å². The highest BCUT2D eigenvalue weighted by Gasteiger charge is 2.29. The lowest BCUT2D eigenvalue weighted by atomic mass is 9.79. The number of benzene rings is 2. The molecule has 1 N–H and O–H groups in total. The molecular weight excluding hydrogens is 364 g/mol. The summed E-state index contributed by atoms with van der Waals surface area (Å²) in [5, 5.41) is 4.26. The minimum absolute atomic E-state index is 0.0341. The summed E-state index contributed by atoms with van der Waals surface area (Å²) in [5.41, 5.74) is 2.74. The van der Waals surface area contributed by atoms with Gasteiger partial charge in [0.15, 0.2) is 11.5 Å². The number of fused-ring (bicyclic) bond motifs is 1. The monoisotopic (exact) mass is 390 g/mol. The molecule has 2 atom stereocenters. The number of carbonyl (C=O) groups is 1. The van der Waals surface area contributed by atoms with Gasteiger partial charge in [-0.3, -0.25) is 9.78 Å². The van der Waals surface area contributed by atoms with Crippen molar-refractivity contribution in [3.05, 3.63) is 65.9 Å². The fourth-order valence-corrected chi connectivity index (χ4v) is 4.25. The molecule has 3 aromatic rings. The van der Waals surface area contributed by atoms with Crippen LogP contribution in [0.25, 0.3) is 10.9 Å². The number of nitrogens with zero attached hydrogens (tertiary/aromatic N) is 1. The second-order valence-electron chi connectivity index (χ2n) is 7.50. The molecule has 0 bridgehead atoms. The van der Waals surface area contributed by atoms with E-state index in [9.17, 15) is 4.79 Å². The zero-order chi connectivity index (χ0) is 20.2. The maximum absolute atomic E-state index is 13.0. The van der Waals surface area contributed by atoms with Crippen LogP contribution in [-0.2, 0) is 0 Å². The van der Waals surface area contributed by atoms with Gasteiger partial charge >= 0.3 is 0 Å². The quantitative estimate of drug-likeness (QED) is 0.685. The zero-order valence-electron chi connectivity index (χ0n) is 16.9. The van der Waals surface area contributed by atoms with E-state index in [1.54, 1.807) is 20.4 Å². The van der Waals surface area contributed by atoms with Gasteiger partial charge in [0.2, 0.25) is 0 Å². The van der Waals surface area contributed by atoms with Crippen molar-refractivity contribution in [1.82, 2.24) is 10.3 Å². The Morgan fingerprint density at radius 3 is 2.66 bits per heavy atom. The lowest BCUT2D eigenvalue weighted by molar-refractivity contribution is 0.0921. The fourth-order valence-electron chi connectivity index (χ4n) is 4.25. The Kier molecular flexibility index (Phi) is 5.65. The summed E-state index contributed by atoms with van der Waals surface area (Å²) in [5.74, 6) is 1.67. The van der Waals surface area contributed by atoms with Crippen molar-refractivity contribution in [2.45, 2.75) is 37.6 Å². The first kappa shape index (κ1) is 19.2. The van der Waals surface area contributed by atoms with Crippen molar-refractivity contribution in [3.8, 4) is 11.5 Å². The van der Waals surface area contributed by atoms with E-state index in [4.69, 9.17) is 9.47 Å². The van der Waals surface area contributed by atoms with Crippen LogP contribution in [0.15, 0.2) is 54.7 Å². The molecule has 1 fully saturated rings. The zero-order valence-corrected chi connectivity index (χ0v) is 16.9. The van der Waals surface area contributed by atoms with Crippen molar-refractivity contribution < 1.29 is 14.3 Å². The number of rotatable bonds is 5. The Morgan fingerprint density at radius 2 is 1.83 bits per heavy atom. The van der Waals surface area contributed by atoms with Gasteiger partial charge in [0.1, 0.15) is 0 Å². The Hall–Kier alpha value is -3.08. The second kappa shape index (κ2) is 8.52. The first-order valence-electron chi connectivity index (χ1n) is 10.1. The normalized spacial score (nSPS) is 19.0. The predicted octanol–water partition coefficient (Wildman–Crippen LogP) is 4.71. The van der Waals surface area contributed by atoms with Crippen LogP contribution in [0.3, 0.4) is 0 Å². The second-order valence-corrected chi connectivity index (χ2v) is 7.50. The van der Waals surface area contributed by atoms with Crippen molar-refractivity contribution in [3.63, 3.8) is 0 Å². The average Bonchev–Trinajstić information content (AvgIpc) is 2.78. The van der Waals surface area contributed by atoms with Gasteiger partial charge in [0, 0.05) is 29.1 Å². The third kappa shape index (κ3) is 4.04. The van der Waals surface area contributed by atoms with Gasteiger partial charge in [-0.25, -0.2) is 0 Å². The van der Waals surface area contributed by atoms with Crippen LogP contribution in [0.5, 0.6) is 11.5 Å². The van der Waals surface area contributed by atoms with E-state index in [0.29, 0.717) is 5.56 Å². The molecule has 0 saturated heterocycles. The minimum atomic E-state index is -0.0341. The van der Waals surface area contributed by atoms with E-state index in [2.05, 4.69) is 16.4 Å². The van der Waals surface area contributed by atoms with Gasteiger partial charge in [-0.05, 0) is 54.8 Å². The Labute approximate surface area is 171 Å². The van der Waals surface area contributed by atoms with Gasteiger partial charge < -0.3 is 14.8 Å². The molecule has 1 saturated carbocycles. The number of aromatic nitrogens is 1. The largest absolute Gasteiger partial charge is 0.493 e. The Balaban J connectivity index is 1.56. The Bertz CT molecular complexity index is 1020. The molecule has 1 heterocycles. The molecule has 29 heavy (non-hydrogen) atoms. The summed E-state index contributed by atoms with van der Waals surface area (Å²) in [6.07, 6.45) is 6.06. The van der Waals surface area contributed by atoms with Crippen molar-refractivity contribution in [2.24, 2.45) is 0 Å². The predicted molar refractivity (Wildman–Crippen MR) is 114 cm³/mol. The van der Waals surface area contributed by atoms with Gasteiger partial charge in [0.05, 0.1) is 19.7 Å². The molecule has 2 aromatic carbocycles. The first-order valence-corrected chi connectivity index (χ1v) is 10.1. The van der Waals surface area contributed by atoms with E-state index in [1.807, 2.05) is 42.5 Å². The van der Waals surface area contributed by atoms with Crippen LogP contribution in [0.4, 0.5) is 0 Å². The molecule has 1 aromatic heterocycles. The average molecular weight is 390 g/mol. The standard InChI is InChI=1S/C24H26N2O3/c1-28-22-12-10-16(15-23(22)29-2)19-7-3-4-8-21(19)26-24(27)18-9-11-20-17(14-18)6-5-13-25-20/h5-6,9-15,19,21H,3-4,7-8H2,1-2H3,(H,26,27). The van der Waals surface area contributed by atoms with E-state index in [1.165, 1.54) is 5.56 Å². The van der Waals surface area contributed by atoms with Crippen molar-refractivity contribution >= 4 is 16.8 Å². The summed E-state index contributed by atoms with van der Waals surface area (Å²) < 4.78 is 10.8. The van der Waals surface area contributed by atoms with Crippen molar-refractivity contribution in [2.75, 3.05) is 14.2 Å². The molecule has 150 valence electrons. The Morgan fingerprint density at radius 1 is 1.00 bits per heavy atom. The fraction of sp³-hybridized carbons (Fsp3) is 0.333. The molecule has 1 amide bonds. The van der Waals surface area contributed by atoms with Crippen LogP contribution in [0.1, 0.15) is 47.5 Å². The number of ether oxygens (including phenoxy) is 2. The number of pyridine rings is 1. The van der Waals surface area contributed by atoms with E-state index in [0.717, 1.165) is 48.1 Å². The van der Waals surface area contributed by atoms with Gasteiger partial charge in [-0.15, -0.1) is 0 Å². The lowest BCUT2D eigenvalue weighted by Gasteiger charge is -2.33. The first-order chi connectivity index (χ1) is 14.2. The van der Waals surface area contributed by atoms with Crippen LogP contribution < -0.4 is 14.8 Å². The topological polar surface area (TPSA) is 60.5 Å². The van der Waals surface area contributed by atoms with Crippen LogP contribution in [-0.4, -0.2) is 31.2 Å². The van der Waals surface area contributed by atoms with Gasteiger partial charge in [-0.2, -0.15) is 0 Å². The molecule has 0 radical (unpaired) electrons. The molecular formula is C24H26N2O3. The molecule has 0 spiro atoms. The number of amides is 1. The third-order valence-corrected chi connectivity index (χ3v) is 5.78. The maximum atomic E-state index is 13.0. The molecule has 5 heteroatoms. The summed E-state index contributed by atoms with van der Waals surface area (Å²) in [6, 6.07) is 15.7. The third-order valence-electron chi connectivity index (χ3n) is 5.78. The highest BCUT2D eigenvalue weighted by Crippen LogP contribution is 2.37. The van der Waals surface area contributed by atoms with Crippen molar-refractivity contribution in [1.29, 1.82) is 0 Å². The minimum Gasteiger partial charge on any atom is -0.493 e. The van der Waals surface area contributed by atoms with Crippen LogP contribution >= 0.6 is 0 Å². The summed E-state index contributed by atoms with van der Waals surface area (Å²) in [6.45, 7) is 0. The molecule has 4 rings (SSSR count). The van der Waals surface area contributed by atoms with Gasteiger partial charge in [0.25, 0.3) is 5.91 Å². The number of hydrogen-bond acceptors (Lipinski definition) is 4. The molecule has 2 unspecified atom stereocenters. The maximum Gasteiger partial charge on any atom is 0.251 e.